The summed E-state index contributed by atoms with van der Waals surface area (Å²) in [6.45, 7) is 0.253. The molecule has 0 amide bonds. The van der Waals surface area contributed by atoms with Crippen molar-refractivity contribution >= 4 is 5.97 Å². The first-order chi connectivity index (χ1) is 8.06. The minimum Gasteiger partial charge on any atom is -0.493 e. The van der Waals surface area contributed by atoms with Crippen molar-refractivity contribution in [2.45, 2.75) is 12.5 Å². The normalized spacial score (nSPS) is 15.1. The maximum absolute atomic E-state index is 13.9. The molecule has 0 aromatic heterocycles. The van der Waals surface area contributed by atoms with Gasteiger partial charge >= 0.3 is 5.97 Å². The van der Waals surface area contributed by atoms with Gasteiger partial charge in [0.25, 0.3) is 0 Å². The predicted octanol–water partition coefficient (Wildman–Crippen LogP) is 1.11. The van der Waals surface area contributed by atoms with E-state index in [1.807, 2.05) is 0 Å². The molecular weight excluding hydrogens is 234 g/mol. The lowest BCUT2D eigenvalue weighted by molar-refractivity contribution is -0.151. The highest BCUT2D eigenvalue weighted by molar-refractivity contribution is 5.76. The molecule has 1 aliphatic heterocycles. The Kier molecular flexibility index (Phi) is 2.97. The highest BCUT2D eigenvalue weighted by Gasteiger charge is 2.30. The first-order valence-corrected chi connectivity index (χ1v) is 4.95. The van der Waals surface area contributed by atoms with Gasteiger partial charge in [-0.25, -0.2) is 13.6 Å². The molecule has 0 saturated heterocycles. The van der Waals surface area contributed by atoms with Crippen LogP contribution < -0.4 is 4.74 Å². The molecule has 0 aliphatic carbocycles. The third-order valence-electron chi connectivity index (χ3n) is 2.62. The van der Waals surface area contributed by atoms with Crippen LogP contribution in [0.25, 0.3) is 0 Å². The second-order valence-electron chi connectivity index (χ2n) is 3.59. The summed E-state index contributed by atoms with van der Waals surface area (Å²) in [4.78, 5) is 11.1. The fraction of sp³-hybridized carbons (Fsp3) is 0.364. The van der Waals surface area contributed by atoms with Crippen molar-refractivity contribution in [3.05, 3.63) is 28.8 Å². The van der Waals surface area contributed by atoms with Crippen LogP contribution in [0.4, 0.5) is 8.78 Å². The Labute approximate surface area is 95.8 Å². The molecule has 1 unspecified atom stereocenters. The number of carbonyl (C=O) groups excluding carboxylic acids is 1. The summed E-state index contributed by atoms with van der Waals surface area (Å²) in [5.74, 6) is -2.97. The summed E-state index contributed by atoms with van der Waals surface area (Å²) in [6, 6.07) is 0.965. The van der Waals surface area contributed by atoms with E-state index in [2.05, 4.69) is 4.74 Å². The molecule has 1 heterocycles. The van der Waals surface area contributed by atoms with Gasteiger partial charge in [-0.1, -0.05) is 0 Å². The van der Waals surface area contributed by atoms with Crippen LogP contribution in [-0.4, -0.2) is 24.8 Å². The van der Waals surface area contributed by atoms with Gasteiger partial charge in [0.1, 0.15) is 17.4 Å². The molecular formula is C11H10F2O4. The number of fused-ring (bicyclic) bond motifs is 1. The molecule has 0 radical (unpaired) electrons. The van der Waals surface area contributed by atoms with Gasteiger partial charge in [0, 0.05) is 18.1 Å². The quantitative estimate of drug-likeness (QED) is 0.792. The number of ether oxygens (including phenoxy) is 2. The third-order valence-corrected chi connectivity index (χ3v) is 2.62. The fourth-order valence-electron chi connectivity index (χ4n) is 1.76. The molecule has 1 aromatic carbocycles. The molecule has 17 heavy (non-hydrogen) atoms. The highest BCUT2D eigenvalue weighted by Crippen LogP contribution is 2.34. The largest absolute Gasteiger partial charge is 0.493 e. The zero-order valence-corrected chi connectivity index (χ0v) is 9.00. The minimum absolute atomic E-state index is 0.112. The van der Waals surface area contributed by atoms with E-state index in [-0.39, 0.29) is 24.3 Å². The first-order valence-electron chi connectivity index (χ1n) is 4.95. The van der Waals surface area contributed by atoms with Gasteiger partial charge in [-0.15, -0.1) is 0 Å². The average molecular weight is 244 g/mol. The average Bonchev–Trinajstić information content (AvgIpc) is 2.75. The number of hydrogen-bond acceptors (Lipinski definition) is 4. The molecule has 0 fully saturated rings. The standard InChI is InChI=1S/C11H10F2O4/c1-16-11(15)10(14)8-6(12)4-7-5(9(8)13)2-3-17-7/h4,10,14H,2-3H2,1H3. The Morgan fingerprint density at radius 1 is 1.59 bits per heavy atom. The molecule has 0 saturated carbocycles. The summed E-state index contributed by atoms with van der Waals surface area (Å²) >= 11 is 0. The van der Waals surface area contributed by atoms with E-state index in [0.717, 1.165) is 13.2 Å². The van der Waals surface area contributed by atoms with E-state index in [1.54, 1.807) is 0 Å². The van der Waals surface area contributed by atoms with Crippen molar-refractivity contribution in [2.75, 3.05) is 13.7 Å². The lowest BCUT2D eigenvalue weighted by atomic mass is 10.0. The molecule has 92 valence electrons. The van der Waals surface area contributed by atoms with Crippen molar-refractivity contribution in [3.8, 4) is 5.75 Å². The van der Waals surface area contributed by atoms with Crippen LogP contribution in [0.2, 0.25) is 0 Å². The first kappa shape index (κ1) is 11.8. The molecule has 0 bridgehead atoms. The van der Waals surface area contributed by atoms with E-state index in [4.69, 9.17) is 4.74 Å². The maximum Gasteiger partial charge on any atom is 0.339 e. The monoisotopic (exact) mass is 244 g/mol. The van der Waals surface area contributed by atoms with Gasteiger partial charge in [0.2, 0.25) is 0 Å². The van der Waals surface area contributed by atoms with E-state index in [1.165, 1.54) is 0 Å². The second-order valence-corrected chi connectivity index (χ2v) is 3.59. The predicted molar refractivity (Wildman–Crippen MR) is 52.5 cm³/mol. The molecule has 6 heteroatoms. The van der Waals surface area contributed by atoms with Crippen molar-refractivity contribution in [2.24, 2.45) is 0 Å². The Hall–Kier alpha value is -1.69. The Balaban J connectivity index is 2.51. The van der Waals surface area contributed by atoms with Gasteiger partial charge in [0.05, 0.1) is 19.3 Å². The van der Waals surface area contributed by atoms with Crippen LogP contribution in [0, 0.1) is 11.6 Å². The van der Waals surface area contributed by atoms with E-state index in [0.29, 0.717) is 0 Å². The molecule has 0 spiro atoms. The second kappa shape index (κ2) is 4.29. The van der Waals surface area contributed by atoms with Crippen molar-refractivity contribution in [1.82, 2.24) is 0 Å². The number of esters is 1. The Morgan fingerprint density at radius 2 is 2.29 bits per heavy atom. The zero-order valence-electron chi connectivity index (χ0n) is 9.00. The fourth-order valence-corrected chi connectivity index (χ4v) is 1.76. The third kappa shape index (κ3) is 1.84. The Morgan fingerprint density at radius 3 is 2.94 bits per heavy atom. The lowest BCUT2D eigenvalue weighted by Crippen LogP contribution is -2.17. The molecule has 1 N–H and O–H groups in total. The smallest absolute Gasteiger partial charge is 0.339 e. The van der Waals surface area contributed by atoms with Crippen LogP contribution in [0.5, 0.6) is 5.75 Å². The zero-order chi connectivity index (χ0) is 12.6. The molecule has 1 atom stereocenters. The number of carbonyl (C=O) groups is 1. The summed E-state index contributed by atoms with van der Waals surface area (Å²) in [5.41, 5.74) is -0.523. The van der Waals surface area contributed by atoms with Gasteiger partial charge < -0.3 is 14.6 Å². The van der Waals surface area contributed by atoms with Crippen molar-refractivity contribution in [1.29, 1.82) is 0 Å². The number of rotatable bonds is 2. The SMILES string of the molecule is COC(=O)C(O)c1c(F)cc2c(c1F)CCO2. The minimum atomic E-state index is -1.97. The lowest BCUT2D eigenvalue weighted by Gasteiger charge is -2.12. The Bertz CT molecular complexity index is 473. The van der Waals surface area contributed by atoms with Crippen LogP contribution in [-0.2, 0) is 16.0 Å². The summed E-state index contributed by atoms with van der Waals surface area (Å²) in [6.07, 6.45) is -1.69. The molecule has 2 rings (SSSR count). The number of benzene rings is 1. The molecule has 4 nitrogen and oxygen atoms in total. The van der Waals surface area contributed by atoms with E-state index >= 15 is 0 Å². The highest BCUT2D eigenvalue weighted by atomic mass is 19.1. The topological polar surface area (TPSA) is 55.8 Å². The van der Waals surface area contributed by atoms with E-state index in [9.17, 15) is 18.7 Å². The maximum atomic E-state index is 13.9. The van der Waals surface area contributed by atoms with E-state index < -0.39 is 29.3 Å². The van der Waals surface area contributed by atoms with Gasteiger partial charge in [0.15, 0.2) is 6.10 Å². The van der Waals surface area contributed by atoms with Crippen LogP contribution in [0.3, 0.4) is 0 Å². The summed E-state index contributed by atoms with van der Waals surface area (Å²) < 4.78 is 36.7. The van der Waals surface area contributed by atoms with Gasteiger partial charge in [-0.2, -0.15) is 0 Å². The van der Waals surface area contributed by atoms with Crippen LogP contribution in [0.15, 0.2) is 6.07 Å². The number of hydrogen-bond donors (Lipinski definition) is 1. The molecule has 1 aliphatic rings. The van der Waals surface area contributed by atoms with Gasteiger partial charge in [-0.3, -0.25) is 0 Å². The number of aliphatic hydroxyl groups excluding tert-OH is 1. The number of methoxy groups -OCH3 is 1. The molecule has 1 aromatic rings. The van der Waals surface area contributed by atoms with Crippen molar-refractivity contribution in [3.63, 3.8) is 0 Å². The van der Waals surface area contributed by atoms with Crippen LogP contribution >= 0.6 is 0 Å². The number of halogens is 2. The summed E-state index contributed by atoms with van der Waals surface area (Å²) in [7, 11) is 1.03. The van der Waals surface area contributed by atoms with Gasteiger partial charge in [-0.05, 0) is 0 Å². The number of aliphatic hydroxyl groups is 1. The summed E-state index contributed by atoms with van der Waals surface area (Å²) in [5, 5.41) is 9.49. The van der Waals surface area contributed by atoms with Crippen molar-refractivity contribution < 1.29 is 28.2 Å². The van der Waals surface area contributed by atoms with Crippen LogP contribution in [0.1, 0.15) is 17.2 Å².